The summed E-state index contributed by atoms with van der Waals surface area (Å²) in [5, 5.41) is 9.41. The van der Waals surface area contributed by atoms with E-state index < -0.39 is 0 Å². The second-order valence-electron chi connectivity index (χ2n) is 6.22. The highest BCUT2D eigenvalue weighted by Gasteiger charge is 2.26. The van der Waals surface area contributed by atoms with Crippen molar-refractivity contribution in [3.05, 3.63) is 53.6 Å². The number of benzene rings is 2. The molecule has 0 bridgehead atoms. The zero-order valence-electron chi connectivity index (χ0n) is 14.6. The van der Waals surface area contributed by atoms with Crippen LogP contribution in [0.25, 0.3) is 0 Å². The Morgan fingerprint density at radius 2 is 1.72 bits per heavy atom. The summed E-state index contributed by atoms with van der Waals surface area (Å²) >= 11 is 0. The van der Waals surface area contributed by atoms with Crippen LogP contribution in [0, 0.1) is 0 Å². The van der Waals surface area contributed by atoms with Crippen LogP contribution in [-0.4, -0.2) is 43.2 Å². The maximum atomic E-state index is 12.9. The standard InChI is InChI=1S/C20H23NO4/c1-24-17-7-8-19(25-2)18(13-17)20(23)21-11-9-15(10-12-21)14-3-5-16(22)6-4-14/h3-8,13,15,22H,9-12H2,1-2H3. The molecule has 0 radical (unpaired) electrons. The van der Waals surface area contributed by atoms with Gasteiger partial charge in [-0.25, -0.2) is 0 Å². The van der Waals surface area contributed by atoms with Crippen LogP contribution >= 0.6 is 0 Å². The molecule has 2 aromatic carbocycles. The van der Waals surface area contributed by atoms with Gasteiger partial charge in [0.15, 0.2) is 0 Å². The minimum atomic E-state index is -0.0279. The summed E-state index contributed by atoms with van der Waals surface area (Å²) in [5.74, 6) is 1.87. The number of nitrogens with zero attached hydrogens (tertiary/aromatic N) is 1. The van der Waals surface area contributed by atoms with E-state index in [2.05, 4.69) is 0 Å². The number of hydrogen-bond acceptors (Lipinski definition) is 4. The van der Waals surface area contributed by atoms with Crippen molar-refractivity contribution >= 4 is 5.91 Å². The van der Waals surface area contributed by atoms with E-state index in [9.17, 15) is 9.90 Å². The molecule has 0 aliphatic carbocycles. The van der Waals surface area contributed by atoms with Crippen molar-refractivity contribution in [3.8, 4) is 17.2 Å². The second-order valence-corrected chi connectivity index (χ2v) is 6.22. The summed E-state index contributed by atoms with van der Waals surface area (Å²) < 4.78 is 10.6. The number of phenols is 1. The lowest BCUT2D eigenvalue weighted by Gasteiger charge is -2.32. The van der Waals surface area contributed by atoms with Gasteiger partial charge in [-0.05, 0) is 54.7 Å². The van der Waals surface area contributed by atoms with Gasteiger partial charge in [-0.2, -0.15) is 0 Å². The quantitative estimate of drug-likeness (QED) is 0.926. The first-order chi connectivity index (χ1) is 12.1. The molecule has 1 saturated heterocycles. The first-order valence-electron chi connectivity index (χ1n) is 8.42. The zero-order chi connectivity index (χ0) is 17.8. The molecular formula is C20H23NO4. The maximum Gasteiger partial charge on any atom is 0.257 e. The van der Waals surface area contributed by atoms with Crippen LogP contribution in [0.3, 0.4) is 0 Å². The van der Waals surface area contributed by atoms with E-state index in [1.807, 2.05) is 17.0 Å². The van der Waals surface area contributed by atoms with Gasteiger partial charge < -0.3 is 19.5 Å². The van der Waals surface area contributed by atoms with Crippen molar-refractivity contribution < 1.29 is 19.4 Å². The Balaban J connectivity index is 1.70. The number of amides is 1. The topological polar surface area (TPSA) is 59.0 Å². The van der Waals surface area contributed by atoms with Crippen molar-refractivity contribution in [2.45, 2.75) is 18.8 Å². The smallest absolute Gasteiger partial charge is 0.257 e. The summed E-state index contributed by atoms with van der Waals surface area (Å²) in [4.78, 5) is 14.8. The lowest BCUT2D eigenvalue weighted by Crippen LogP contribution is -2.38. The number of likely N-dealkylation sites (tertiary alicyclic amines) is 1. The van der Waals surface area contributed by atoms with Crippen LogP contribution in [-0.2, 0) is 0 Å². The third-order valence-corrected chi connectivity index (χ3v) is 4.78. The molecule has 5 nitrogen and oxygen atoms in total. The van der Waals surface area contributed by atoms with Gasteiger partial charge in [-0.1, -0.05) is 12.1 Å². The number of rotatable bonds is 4. The molecule has 0 atom stereocenters. The Bertz CT molecular complexity index is 734. The molecule has 25 heavy (non-hydrogen) atoms. The number of aromatic hydroxyl groups is 1. The number of piperidine rings is 1. The zero-order valence-corrected chi connectivity index (χ0v) is 14.6. The van der Waals surface area contributed by atoms with Crippen LogP contribution in [0.2, 0.25) is 0 Å². The summed E-state index contributed by atoms with van der Waals surface area (Å²) in [6.07, 6.45) is 1.81. The fourth-order valence-electron chi connectivity index (χ4n) is 3.31. The Morgan fingerprint density at radius 1 is 1.04 bits per heavy atom. The van der Waals surface area contributed by atoms with Gasteiger partial charge in [0.05, 0.1) is 19.8 Å². The van der Waals surface area contributed by atoms with Crippen molar-refractivity contribution in [2.75, 3.05) is 27.3 Å². The molecule has 1 amide bonds. The third-order valence-electron chi connectivity index (χ3n) is 4.78. The molecule has 0 spiro atoms. The minimum Gasteiger partial charge on any atom is -0.508 e. The van der Waals surface area contributed by atoms with Crippen LogP contribution in [0.15, 0.2) is 42.5 Å². The molecule has 0 aromatic heterocycles. The average Bonchev–Trinajstić information content (AvgIpc) is 2.67. The summed E-state index contributed by atoms with van der Waals surface area (Å²) in [5.41, 5.74) is 1.74. The highest BCUT2D eigenvalue weighted by Crippen LogP contribution is 2.31. The third kappa shape index (κ3) is 3.71. The van der Waals surface area contributed by atoms with Gasteiger partial charge >= 0.3 is 0 Å². The molecule has 5 heteroatoms. The molecule has 1 fully saturated rings. The Kier molecular flexibility index (Phi) is 5.12. The largest absolute Gasteiger partial charge is 0.508 e. The van der Waals surface area contributed by atoms with Crippen molar-refractivity contribution in [1.29, 1.82) is 0 Å². The molecule has 0 saturated carbocycles. The molecule has 1 aliphatic heterocycles. The Hall–Kier alpha value is -2.69. The highest BCUT2D eigenvalue weighted by molar-refractivity contribution is 5.97. The number of phenolic OH excluding ortho intramolecular Hbond substituents is 1. The fourth-order valence-corrected chi connectivity index (χ4v) is 3.31. The van der Waals surface area contributed by atoms with E-state index in [0.717, 1.165) is 12.8 Å². The van der Waals surface area contributed by atoms with Crippen LogP contribution in [0.5, 0.6) is 17.2 Å². The summed E-state index contributed by atoms with van der Waals surface area (Å²) in [6.45, 7) is 1.40. The lowest BCUT2D eigenvalue weighted by atomic mass is 9.89. The monoisotopic (exact) mass is 341 g/mol. The van der Waals surface area contributed by atoms with E-state index in [1.54, 1.807) is 44.6 Å². The fraction of sp³-hybridized carbons (Fsp3) is 0.350. The molecule has 3 rings (SSSR count). The first kappa shape index (κ1) is 17.1. The van der Waals surface area contributed by atoms with Crippen LogP contribution in [0.4, 0.5) is 0 Å². The minimum absolute atomic E-state index is 0.0279. The molecule has 2 aromatic rings. The number of hydrogen-bond donors (Lipinski definition) is 1. The van der Waals surface area contributed by atoms with Gasteiger partial charge in [0.25, 0.3) is 5.91 Å². The normalized spacial score (nSPS) is 15.0. The lowest BCUT2D eigenvalue weighted by molar-refractivity contribution is 0.0709. The van der Waals surface area contributed by atoms with Crippen molar-refractivity contribution in [2.24, 2.45) is 0 Å². The van der Waals surface area contributed by atoms with Gasteiger partial charge in [0, 0.05) is 13.1 Å². The predicted octanol–water partition coefficient (Wildman–Crippen LogP) is 3.43. The molecule has 1 aliphatic rings. The molecule has 1 N–H and O–H groups in total. The van der Waals surface area contributed by atoms with Crippen LogP contribution < -0.4 is 9.47 Å². The van der Waals surface area contributed by atoms with Gasteiger partial charge in [0.2, 0.25) is 0 Å². The van der Waals surface area contributed by atoms with Crippen molar-refractivity contribution in [3.63, 3.8) is 0 Å². The summed E-state index contributed by atoms with van der Waals surface area (Å²) in [6, 6.07) is 12.6. The highest BCUT2D eigenvalue weighted by atomic mass is 16.5. The molecular weight excluding hydrogens is 318 g/mol. The molecule has 132 valence electrons. The first-order valence-corrected chi connectivity index (χ1v) is 8.42. The van der Waals surface area contributed by atoms with Gasteiger partial charge in [0.1, 0.15) is 17.2 Å². The molecule has 0 unspecified atom stereocenters. The van der Waals surface area contributed by atoms with E-state index in [4.69, 9.17) is 9.47 Å². The SMILES string of the molecule is COc1ccc(OC)c(C(=O)N2CCC(c3ccc(O)cc3)CC2)c1. The van der Waals surface area contributed by atoms with E-state index in [-0.39, 0.29) is 11.7 Å². The average molecular weight is 341 g/mol. The Labute approximate surface area is 147 Å². The van der Waals surface area contributed by atoms with Gasteiger partial charge in [-0.3, -0.25) is 4.79 Å². The Morgan fingerprint density at radius 3 is 2.32 bits per heavy atom. The number of methoxy groups -OCH3 is 2. The van der Waals surface area contributed by atoms with Crippen molar-refractivity contribution in [1.82, 2.24) is 4.90 Å². The number of ether oxygens (including phenoxy) is 2. The summed E-state index contributed by atoms with van der Waals surface area (Å²) in [7, 11) is 3.15. The second kappa shape index (κ2) is 7.47. The maximum absolute atomic E-state index is 12.9. The van der Waals surface area contributed by atoms with E-state index in [0.29, 0.717) is 36.1 Å². The number of carbonyl (C=O) groups is 1. The predicted molar refractivity (Wildman–Crippen MR) is 95.5 cm³/mol. The van der Waals surface area contributed by atoms with Crippen LogP contribution in [0.1, 0.15) is 34.7 Å². The number of carbonyl (C=O) groups excluding carboxylic acids is 1. The van der Waals surface area contributed by atoms with E-state index in [1.165, 1.54) is 5.56 Å². The molecule has 1 heterocycles. The van der Waals surface area contributed by atoms with E-state index >= 15 is 0 Å². The van der Waals surface area contributed by atoms with Gasteiger partial charge in [-0.15, -0.1) is 0 Å².